The van der Waals surface area contributed by atoms with Gasteiger partial charge in [0.25, 0.3) is 0 Å². The third kappa shape index (κ3) is 9.05. The van der Waals surface area contributed by atoms with E-state index in [1.807, 2.05) is 0 Å². The highest BCUT2D eigenvalue weighted by atomic mass is 32.2. The van der Waals surface area contributed by atoms with E-state index < -0.39 is 0 Å². The quantitative estimate of drug-likeness (QED) is 0.262. The van der Waals surface area contributed by atoms with Gasteiger partial charge < -0.3 is 15.5 Å². The minimum absolute atomic E-state index is 0.0363. The molecule has 33 heavy (non-hydrogen) atoms. The predicted molar refractivity (Wildman–Crippen MR) is 127 cm³/mol. The molecule has 2 aliphatic rings. The summed E-state index contributed by atoms with van der Waals surface area (Å²) in [4.78, 5) is 64.7. The Labute approximate surface area is 200 Å². The maximum Gasteiger partial charge on any atom is 0.242 e. The van der Waals surface area contributed by atoms with E-state index in [9.17, 15) is 24.0 Å². The van der Waals surface area contributed by atoms with Crippen LogP contribution in [-0.4, -0.2) is 115 Å². The molecule has 11 heteroatoms. The number of likely N-dealkylation sites (tertiary alicyclic amines) is 1. The lowest BCUT2D eigenvalue weighted by Gasteiger charge is -2.34. The summed E-state index contributed by atoms with van der Waals surface area (Å²) < 4.78 is 0. The Balaban J connectivity index is 1.52. The second kappa shape index (κ2) is 13.7. The Morgan fingerprint density at radius 3 is 2.39 bits per heavy atom. The van der Waals surface area contributed by atoms with Crippen LogP contribution in [0.3, 0.4) is 0 Å². The molecule has 2 heterocycles. The van der Waals surface area contributed by atoms with Crippen molar-refractivity contribution in [2.45, 2.75) is 37.9 Å². The van der Waals surface area contributed by atoms with E-state index in [2.05, 4.69) is 20.4 Å². The number of ketones is 1. The molecule has 0 aromatic heterocycles. The van der Waals surface area contributed by atoms with Crippen LogP contribution in [0.1, 0.15) is 32.6 Å². The highest BCUT2D eigenvalue weighted by Gasteiger charge is 2.36. The van der Waals surface area contributed by atoms with Crippen molar-refractivity contribution in [2.75, 3.05) is 65.7 Å². The van der Waals surface area contributed by atoms with Crippen molar-refractivity contribution in [3.05, 3.63) is 0 Å². The fourth-order valence-electron chi connectivity index (χ4n) is 3.96. The minimum Gasteiger partial charge on any atom is -0.359 e. The molecule has 2 rings (SSSR count). The van der Waals surface area contributed by atoms with Crippen LogP contribution in [0.15, 0.2) is 0 Å². The molecule has 2 aliphatic heterocycles. The van der Waals surface area contributed by atoms with E-state index >= 15 is 0 Å². The van der Waals surface area contributed by atoms with Crippen molar-refractivity contribution < 1.29 is 24.0 Å². The van der Waals surface area contributed by atoms with Crippen molar-refractivity contribution in [3.63, 3.8) is 0 Å². The molecule has 2 atom stereocenters. The van der Waals surface area contributed by atoms with E-state index in [1.165, 1.54) is 23.7 Å². The number of imide groups is 1. The fourth-order valence-corrected chi connectivity index (χ4v) is 5.02. The maximum absolute atomic E-state index is 12.2. The molecule has 0 spiro atoms. The first-order chi connectivity index (χ1) is 15.7. The van der Waals surface area contributed by atoms with Crippen LogP contribution in [0.4, 0.5) is 0 Å². The van der Waals surface area contributed by atoms with Gasteiger partial charge in [0.05, 0.1) is 11.8 Å². The second-order valence-electron chi connectivity index (χ2n) is 8.68. The molecule has 2 fully saturated rings. The summed E-state index contributed by atoms with van der Waals surface area (Å²) in [6.45, 7) is 6.74. The first-order valence-electron chi connectivity index (χ1n) is 11.6. The van der Waals surface area contributed by atoms with E-state index in [1.54, 1.807) is 14.0 Å². The second-order valence-corrected chi connectivity index (χ2v) is 9.99. The number of rotatable bonds is 13. The Hall–Kier alpha value is -1.98. The number of Topliss-reactive ketones (excluding diaryl/α,β-unsaturated/α-hetero) is 1. The molecule has 0 bridgehead atoms. The number of carbonyl (C=O) groups is 5. The van der Waals surface area contributed by atoms with Crippen molar-refractivity contribution in [1.82, 2.24) is 25.3 Å². The monoisotopic (exact) mass is 483 g/mol. The van der Waals surface area contributed by atoms with Gasteiger partial charge in [0.15, 0.2) is 0 Å². The normalized spacial score (nSPS) is 20.7. The van der Waals surface area contributed by atoms with Crippen LogP contribution in [0, 0.1) is 5.92 Å². The Kier molecular flexibility index (Phi) is 11.3. The largest absolute Gasteiger partial charge is 0.359 e. The van der Waals surface area contributed by atoms with E-state index in [-0.39, 0.29) is 53.4 Å². The Bertz CT molecular complexity index is 726. The van der Waals surface area contributed by atoms with Gasteiger partial charge in [0.2, 0.25) is 23.6 Å². The summed E-state index contributed by atoms with van der Waals surface area (Å²) in [5, 5.41) is 5.12. The van der Waals surface area contributed by atoms with Gasteiger partial charge in [-0.1, -0.05) is 6.92 Å². The summed E-state index contributed by atoms with van der Waals surface area (Å²) >= 11 is 1.41. The number of thioether (sulfide) groups is 1. The molecule has 0 aromatic rings. The van der Waals surface area contributed by atoms with Crippen molar-refractivity contribution in [3.8, 4) is 0 Å². The predicted octanol–water partition coefficient (Wildman–Crippen LogP) is -0.668. The molecule has 2 saturated heterocycles. The third-order valence-corrected chi connectivity index (χ3v) is 7.28. The lowest BCUT2D eigenvalue weighted by atomic mass is 10.0. The molecule has 4 amide bonds. The van der Waals surface area contributed by atoms with Crippen LogP contribution in [0.5, 0.6) is 0 Å². The molecular weight excluding hydrogens is 446 g/mol. The molecule has 186 valence electrons. The van der Waals surface area contributed by atoms with Crippen LogP contribution >= 0.6 is 11.8 Å². The fraction of sp³-hybridized carbons (Fsp3) is 0.773. The molecular formula is C22H37N5O5S. The van der Waals surface area contributed by atoms with Crippen LogP contribution < -0.4 is 10.6 Å². The molecule has 2 N–H and O–H groups in total. The standard InChI is InChI=1S/C22H37N5O5S/c1-16(21(31)23-2)13-17(28)5-4-7-26-8-10-27(11-9-26)15-19(29)24-6-12-33-18-14-20(30)25(3)22(18)32/h16,18H,4-15H2,1-3H3,(H,23,31)(H,24,29)/t16-,18?/m1/s1. The Morgan fingerprint density at radius 2 is 1.79 bits per heavy atom. The van der Waals surface area contributed by atoms with Gasteiger partial charge in [-0.15, -0.1) is 11.8 Å². The van der Waals surface area contributed by atoms with Gasteiger partial charge in [-0.2, -0.15) is 0 Å². The number of hydrogen-bond donors (Lipinski definition) is 2. The zero-order chi connectivity index (χ0) is 24.4. The van der Waals surface area contributed by atoms with Crippen molar-refractivity contribution >= 4 is 41.2 Å². The average Bonchev–Trinajstić information content (AvgIpc) is 3.03. The van der Waals surface area contributed by atoms with Crippen LogP contribution in [0.2, 0.25) is 0 Å². The van der Waals surface area contributed by atoms with Gasteiger partial charge >= 0.3 is 0 Å². The lowest BCUT2D eigenvalue weighted by Crippen LogP contribution is -2.49. The summed E-state index contributed by atoms with van der Waals surface area (Å²) in [5.74, 6) is -0.0129. The van der Waals surface area contributed by atoms with E-state index in [4.69, 9.17) is 0 Å². The first-order valence-corrected chi connectivity index (χ1v) is 12.6. The summed E-state index contributed by atoms with van der Waals surface area (Å²) in [6, 6.07) is 0. The highest BCUT2D eigenvalue weighted by Crippen LogP contribution is 2.23. The molecule has 0 aromatic carbocycles. The lowest BCUT2D eigenvalue weighted by molar-refractivity contribution is -0.136. The molecule has 1 unspecified atom stereocenters. The summed E-state index contributed by atoms with van der Waals surface area (Å²) in [7, 11) is 3.08. The smallest absolute Gasteiger partial charge is 0.242 e. The van der Waals surface area contributed by atoms with Gasteiger partial charge in [-0.05, 0) is 13.0 Å². The number of nitrogens with one attached hydrogen (secondary N) is 2. The number of carbonyl (C=O) groups excluding carboxylic acids is 5. The third-order valence-electron chi connectivity index (χ3n) is 6.07. The maximum atomic E-state index is 12.2. The number of piperazine rings is 1. The summed E-state index contributed by atoms with van der Waals surface area (Å²) in [6.07, 6.45) is 1.79. The van der Waals surface area contributed by atoms with E-state index in [0.29, 0.717) is 25.3 Å². The minimum atomic E-state index is -0.331. The molecule has 0 aliphatic carbocycles. The number of amides is 4. The zero-order valence-corrected chi connectivity index (χ0v) is 20.7. The van der Waals surface area contributed by atoms with Crippen LogP contribution in [0.25, 0.3) is 0 Å². The van der Waals surface area contributed by atoms with Gasteiger partial charge in [0.1, 0.15) is 5.78 Å². The zero-order valence-electron chi connectivity index (χ0n) is 19.9. The van der Waals surface area contributed by atoms with E-state index in [0.717, 1.165) is 39.1 Å². The summed E-state index contributed by atoms with van der Waals surface area (Å²) in [5.41, 5.74) is 0. The molecule has 0 saturated carbocycles. The number of hydrogen-bond acceptors (Lipinski definition) is 8. The van der Waals surface area contributed by atoms with Gasteiger partial charge in [-0.3, -0.25) is 33.8 Å². The SMILES string of the molecule is CNC(=O)[C@H](C)CC(=O)CCCN1CCN(CC(=O)NCCSC2CC(=O)N(C)C2=O)CC1. The van der Waals surface area contributed by atoms with Gasteiger partial charge in [0, 0.05) is 77.8 Å². The molecule has 10 nitrogen and oxygen atoms in total. The van der Waals surface area contributed by atoms with Crippen LogP contribution in [-0.2, 0) is 24.0 Å². The highest BCUT2D eigenvalue weighted by molar-refractivity contribution is 8.00. The number of nitrogens with zero attached hydrogens (tertiary/aromatic N) is 3. The van der Waals surface area contributed by atoms with Crippen molar-refractivity contribution in [2.24, 2.45) is 5.92 Å². The average molecular weight is 484 g/mol. The topological polar surface area (TPSA) is 119 Å². The first kappa shape index (κ1) is 27.3. The Morgan fingerprint density at radius 1 is 1.12 bits per heavy atom. The van der Waals surface area contributed by atoms with Gasteiger partial charge in [-0.25, -0.2) is 0 Å². The van der Waals surface area contributed by atoms with Crippen molar-refractivity contribution in [1.29, 1.82) is 0 Å². The molecule has 0 radical (unpaired) electrons.